The molecule has 0 spiro atoms. The summed E-state index contributed by atoms with van der Waals surface area (Å²) in [5, 5.41) is 7.19. The molecule has 0 fully saturated rings. The van der Waals surface area contributed by atoms with E-state index >= 15 is 0 Å². The van der Waals surface area contributed by atoms with Crippen LogP contribution in [0, 0.1) is 17.1 Å². The zero-order valence-corrected chi connectivity index (χ0v) is 10.3. The molecular formula is C13H19FN2O. The van der Waals surface area contributed by atoms with Gasteiger partial charge >= 0.3 is 0 Å². The third-order valence-electron chi connectivity index (χ3n) is 2.43. The second-order valence-electron chi connectivity index (χ2n) is 4.44. The van der Waals surface area contributed by atoms with Crippen molar-refractivity contribution in [3.05, 3.63) is 29.6 Å². The Labute approximate surface area is 101 Å². The van der Waals surface area contributed by atoms with Crippen molar-refractivity contribution in [1.82, 2.24) is 0 Å². The monoisotopic (exact) mass is 238 g/mol. The Morgan fingerprint density at radius 3 is 2.71 bits per heavy atom. The fourth-order valence-corrected chi connectivity index (χ4v) is 1.46. The van der Waals surface area contributed by atoms with Crippen LogP contribution in [0.4, 0.5) is 4.39 Å². The minimum Gasteiger partial charge on any atom is -0.491 e. The van der Waals surface area contributed by atoms with Crippen molar-refractivity contribution in [2.75, 3.05) is 6.61 Å². The maximum Gasteiger partial charge on any atom is 0.165 e. The highest BCUT2D eigenvalue weighted by Crippen LogP contribution is 2.18. The summed E-state index contributed by atoms with van der Waals surface area (Å²) in [6.07, 6.45) is 1.97. The summed E-state index contributed by atoms with van der Waals surface area (Å²) in [5.41, 5.74) is 5.64. The zero-order valence-electron chi connectivity index (χ0n) is 10.3. The summed E-state index contributed by atoms with van der Waals surface area (Å²) in [6, 6.07) is 4.32. The van der Waals surface area contributed by atoms with Gasteiger partial charge in [0.25, 0.3) is 0 Å². The van der Waals surface area contributed by atoms with Crippen molar-refractivity contribution >= 4 is 5.84 Å². The molecule has 1 aromatic carbocycles. The Balaban J connectivity index is 2.52. The van der Waals surface area contributed by atoms with Crippen LogP contribution in [0.2, 0.25) is 0 Å². The van der Waals surface area contributed by atoms with Crippen molar-refractivity contribution < 1.29 is 9.13 Å². The summed E-state index contributed by atoms with van der Waals surface area (Å²) in [7, 11) is 0. The van der Waals surface area contributed by atoms with E-state index in [-0.39, 0.29) is 11.6 Å². The summed E-state index contributed by atoms with van der Waals surface area (Å²) >= 11 is 0. The molecule has 4 heteroatoms. The predicted molar refractivity (Wildman–Crippen MR) is 67.0 cm³/mol. The van der Waals surface area contributed by atoms with Gasteiger partial charge in [-0.25, -0.2) is 4.39 Å². The minimum absolute atomic E-state index is 0.143. The van der Waals surface area contributed by atoms with E-state index in [9.17, 15) is 4.39 Å². The lowest BCUT2D eigenvalue weighted by Gasteiger charge is -2.09. The smallest absolute Gasteiger partial charge is 0.165 e. The molecule has 1 aromatic rings. The van der Waals surface area contributed by atoms with Crippen LogP contribution in [0.15, 0.2) is 18.2 Å². The fourth-order valence-electron chi connectivity index (χ4n) is 1.46. The van der Waals surface area contributed by atoms with Crippen LogP contribution in [0.25, 0.3) is 0 Å². The van der Waals surface area contributed by atoms with Gasteiger partial charge in [0.05, 0.1) is 6.61 Å². The molecule has 1 rings (SSSR count). The van der Waals surface area contributed by atoms with Crippen LogP contribution >= 0.6 is 0 Å². The van der Waals surface area contributed by atoms with Gasteiger partial charge in [-0.3, -0.25) is 5.41 Å². The molecule has 17 heavy (non-hydrogen) atoms. The van der Waals surface area contributed by atoms with Gasteiger partial charge in [-0.1, -0.05) is 13.8 Å². The number of nitrogen functional groups attached to an aromatic ring is 1. The number of nitrogens with one attached hydrogen (secondary N) is 1. The number of hydrogen-bond acceptors (Lipinski definition) is 2. The van der Waals surface area contributed by atoms with Gasteiger partial charge in [-0.2, -0.15) is 0 Å². The van der Waals surface area contributed by atoms with Gasteiger partial charge in [-0.15, -0.1) is 0 Å². The molecule has 0 atom stereocenters. The number of rotatable bonds is 6. The molecule has 0 aliphatic carbocycles. The van der Waals surface area contributed by atoms with Crippen LogP contribution in [0.5, 0.6) is 5.75 Å². The number of halogens is 1. The van der Waals surface area contributed by atoms with Crippen LogP contribution in [0.1, 0.15) is 32.3 Å². The molecule has 0 saturated heterocycles. The van der Waals surface area contributed by atoms with E-state index in [1.54, 1.807) is 6.07 Å². The second-order valence-corrected chi connectivity index (χ2v) is 4.44. The molecule has 0 heterocycles. The molecule has 0 aliphatic rings. The Morgan fingerprint density at radius 2 is 2.18 bits per heavy atom. The van der Waals surface area contributed by atoms with Gasteiger partial charge in [-0.05, 0) is 37.0 Å². The van der Waals surface area contributed by atoms with Crippen LogP contribution in [-0.4, -0.2) is 12.4 Å². The first-order valence-corrected chi connectivity index (χ1v) is 5.77. The number of hydrogen-bond donors (Lipinski definition) is 2. The first-order valence-electron chi connectivity index (χ1n) is 5.77. The largest absolute Gasteiger partial charge is 0.491 e. The molecule has 0 aliphatic heterocycles. The molecule has 0 saturated carbocycles. The van der Waals surface area contributed by atoms with Crippen molar-refractivity contribution in [1.29, 1.82) is 5.41 Å². The maximum atomic E-state index is 13.5. The Hall–Kier alpha value is -1.58. The fraction of sp³-hybridized carbons (Fsp3) is 0.462. The summed E-state index contributed by atoms with van der Waals surface area (Å²) in [4.78, 5) is 0. The van der Waals surface area contributed by atoms with Gasteiger partial charge in [0.1, 0.15) is 5.84 Å². The average molecular weight is 238 g/mol. The number of benzene rings is 1. The zero-order chi connectivity index (χ0) is 12.8. The first-order chi connectivity index (χ1) is 8.00. The minimum atomic E-state index is -0.470. The molecule has 3 nitrogen and oxygen atoms in total. The highest BCUT2D eigenvalue weighted by atomic mass is 19.1. The topological polar surface area (TPSA) is 59.1 Å². The maximum absolute atomic E-state index is 13.5. The normalized spacial score (nSPS) is 10.6. The second kappa shape index (κ2) is 6.23. The van der Waals surface area contributed by atoms with Gasteiger partial charge in [0.2, 0.25) is 0 Å². The summed E-state index contributed by atoms with van der Waals surface area (Å²) in [6.45, 7) is 4.79. The lowest BCUT2D eigenvalue weighted by molar-refractivity contribution is 0.284. The molecule has 3 N–H and O–H groups in total. The Kier molecular flexibility index (Phi) is 4.94. The third kappa shape index (κ3) is 4.43. The van der Waals surface area contributed by atoms with E-state index in [4.69, 9.17) is 15.9 Å². The van der Waals surface area contributed by atoms with Crippen molar-refractivity contribution in [3.8, 4) is 5.75 Å². The summed E-state index contributed by atoms with van der Waals surface area (Å²) < 4.78 is 18.9. The highest BCUT2D eigenvalue weighted by molar-refractivity contribution is 5.95. The molecule has 0 radical (unpaired) electrons. The molecular weight excluding hydrogens is 219 g/mol. The van der Waals surface area contributed by atoms with Crippen LogP contribution < -0.4 is 10.5 Å². The highest BCUT2D eigenvalue weighted by Gasteiger charge is 2.06. The number of amidine groups is 1. The number of nitrogens with two attached hydrogens (primary N) is 1. The average Bonchev–Trinajstić information content (AvgIpc) is 2.25. The predicted octanol–water partition coefficient (Wildman–Crippen LogP) is 2.92. The quantitative estimate of drug-likeness (QED) is 0.455. The van der Waals surface area contributed by atoms with Gasteiger partial charge in [0, 0.05) is 5.56 Å². The van der Waals surface area contributed by atoms with Crippen LogP contribution in [-0.2, 0) is 0 Å². The van der Waals surface area contributed by atoms with Crippen molar-refractivity contribution in [3.63, 3.8) is 0 Å². The van der Waals surface area contributed by atoms with E-state index in [0.29, 0.717) is 18.1 Å². The first kappa shape index (κ1) is 13.5. The van der Waals surface area contributed by atoms with E-state index in [0.717, 1.165) is 12.8 Å². The molecule has 0 unspecified atom stereocenters. The van der Waals surface area contributed by atoms with Crippen molar-refractivity contribution in [2.24, 2.45) is 11.7 Å². The van der Waals surface area contributed by atoms with Gasteiger partial charge in [0.15, 0.2) is 11.6 Å². The molecule has 0 amide bonds. The Morgan fingerprint density at radius 1 is 1.47 bits per heavy atom. The molecule has 0 bridgehead atoms. The van der Waals surface area contributed by atoms with Gasteiger partial charge < -0.3 is 10.5 Å². The van der Waals surface area contributed by atoms with E-state index in [1.807, 2.05) is 0 Å². The lowest BCUT2D eigenvalue weighted by atomic mass is 10.1. The van der Waals surface area contributed by atoms with Crippen LogP contribution in [0.3, 0.4) is 0 Å². The van der Waals surface area contributed by atoms with E-state index in [1.165, 1.54) is 12.1 Å². The van der Waals surface area contributed by atoms with Crippen molar-refractivity contribution in [2.45, 2.75) is 26.7 Å². The third-order valence-corrected chi connectivity index (χ3v) is 2.43. The molecule has 94 valence electrons. The number of ether oxygens (including phenoxy) is 1. The standard InChI is InChI=1S/C13H19FN2O/c1-9(2)4-3-7-17-12-6-5-10(13(15)16)8-11(12)14/h5-6,8-9H,3-4,7H2,1-2H3,(H3,15,16). The Bertz CT molecular complexity index is 391. The summed E-state index contributed by atoms with van der Waals surface area (Å²) in [5.74, 6) is 0.236. The van der Waals surface area contributed by atoms with E-state index < -0.39 is 5.82 Å². The lowest BCUT2D eigenvalue weighted by Crippen LogP contribution is -2.11. The molecule has 0 aromatic heterocycles. The SMILES string of the molecule is CC(C)CCCOc1ccc(C(=N)N)cc1F. The van der Waals surface area contributed by atoms with E-state index in [2.05, 4.69) is 13.8 Å².